The van der Waals surface area contributed by atoms with Crippen LogP contribution in [0.3, 0.4) is 0 Å². The first-order valence-electron chi connectivity index (χ1n) is 11.2. The van der Waals surface area contributed by atoms with E-state index >= 15 is 0 Å². The van der Waals surface area contributed by atoms with E-state index in [0.29, 0.717) is 30.0 Å². The summed E-state index contributed by atoms with van der Waals surface area (Å²) in [4.78, 5) is 41.2. The van der Waals surface area contributed by atoms with E-state index in [1.54, 1.807) is 12.1 Å². The van der Waals surface area contributed by atoms with Gasteiger partial charge in [0.05, 0.1) is 30.9 Å². The van der Waals surface area contributed by atoms with Gasteiger partial charge in [0.15, 0.2) is 0 Å². The number of fused-ring (bicyclic) bond motifs is 1. The Kier molecular flexibility index (Phi) is 6.99. The third kappa shape index (κ3) is 4.97. The number of imide groups is 1. The number of hydrogen-bond acceptors (Lipinski definition) is 6. The molecule has 31 heavy (non-hydrogen) atoms. The SMILES string of the molecule is Cc1ccc2c(c1)C(=O)N(CCCC(=O)NCC(C1CCOC1)N1CCOCC1)C2=O. The first kappa shape index (κ1) is 21.9. The van der Waals surface area contributed by atoms with Gasteiger partial charge in [-0.25, -0.2) is 0 Å². The highest BCUT2D eigenvalue weighted by Gasteiger charge is 2.35. The first-order chi connectivity index (χ1) is 15.0. The molecule has 8 nitrogen and oxygen atoms in total. The summed E-state index contributed by atoms with van der Waals surface area (Å²) in [7, 11) is 0. The second-order valence-corrected chi connectivity index (χ2v) is 8.56. The van der Waals surface area contributed by atoms with E-state index < -0.39 is 0 Å². The molecular formula is C23H31N3O5. The minimum absolute atomic E-state index is 0.0513. The van der Waals surface area contributed by atoms with Crippen molar-refractivity contribution in [3.05, 3.63) is 34.9 Å². The highest BCUT2D eigenvalue weighted by atomic mass is 16.5. The quantitative estimate of drug-likeness (QED) is 0.626. The Hall–Kier alpha value is -2.29. The molecule has 2 saturated heterocycles. The summed E-state index contributed by atoms with van der Waals surface area (Å²) in [6.45, 7) is 7.42. The van der Waals surface area contributed by atoms with Crippen LogP contribution < -0.4 is 5.32 Å². The lowest BCUT2D eigenvalue weighted by molar-refractivity contribution is -0.121. The van der Waals surface area contributed by atoms with E-state index in [0.717, 1.165) is 51.5 Å². The molecule has 0 aromatic heterocycles. The number of aryl methyl sites for hydroxylation is 1. The Labute approximate surface area is 182 Å². The molecule has 2 unspecified atom stereocenters. The second-order valence-electron chi connectivity index (χ2n) is 8.56. The zero-order valence-corrected chi connectivity index (χ0v) is 18.1. The molecule has 1 aromatic carbocycles. The smallest absolute Gasteiger partial charge is 0.261 e. The lowest BCUT2D eigenvalue weighted by Crippen LogP contribution is -2.52. The first-order valence-corrected chi connectivity index (χ1v) is 11.2. The minimum Gasteiger partial charge on any atom is -0.381 e. The molecule has 3 aliphatic heterocycles. The highest BCUT2D eigenvalue weighted by Crippen LogP contribution is 2.24. The molecule has 0 saturated carbocycles. The van der Waals surface area contributed by atoms with Gasteiger partial charge >= 0.3 is 0 Å². The fraction of sp³-hybridized carbons (Fsp3) is 0.609. The number of benzene rings is 1. The number of carbonyl (C=O) groups excluding carboxylic acids is 3. The molecule has 168 valence electrons. The molecule has 3 aliphatic rings. The average molecular weight is 430 g/mol. The average Bonchev–Trinajstić information content (AvgIpc) is 3.38. The highest BCUT2D eigenvalue weighted by molar-refractivity contribution is 6.21. The molecule has 3 amide bonds. The van der Waals surface area contributed by atoms with Gasteiger partial charge in [0, 0.05) is 51.2 Å². The fourth-order valence-corrected chi connectivity index (χ4v) is 4.67. The molecule has 0 aliphatic carbocycles. The van der Waals surface area contributed by atoms with Crippen LogP contribution in [-0.4, -0.2) is 86.2 Å². The molecule has 1 N–H and O–H groups in total. The summed E-state index contributed by atoms with van der Waals surface area (Å²) < 4.78 is 11.0. The third-order valence-corrected chi connectivity index (χ3v) is 6.44. The second kappa shape index (κ2) is 9.89. The maximum Gasteiger partial charge on any atom is 0.261 e. The van der Waals surface area contributed by atoms with E-state index in [1.165, 1.54) is 4.90 Å². The van der Waals surface area contributed by atoms with Crippen LogP contribution in [0.2, 0.25) is 0 Å². The summed E-state index contributed by atoms with van der Waals surface area (Å²) >= 11 is 0. The zero-order valence-electron chi connectivity index (χ0n) is 18.1. The third-order valence-electron chi connectivity index (χ3n) is 6.44. The molecular weight excluding hydrogens is 398 g/mol. The van der Waals surface area contributed by atoms with Crippen LogP contribution in [0.4, 0.5) is 0 Å². The number of ether oxygens (including phenoxy) is 2. The van der Waals surface area contributed by atoms with E-state index in [9.17, 15) is 14.4 Å². The predicted molar refractivity (Wildman–Crippen MR) is 114 cm³/mol. The predicted octanol–water partition coefficient (Wildman–Crippen LogP) is 1.22. The Morgan fingerprint density at radius 3 is 2.65 bits per heavy atom. The maximum atomic E-state index is 12.5. The summed E-state index contributed by atoms with van der Waals surface area (Å²) in [6.07, 6.45) is 1.74. The van der Waals surface area contributed by atoms with E-state index in [4.69, 9.17) is 9.47 Å². The minimum atomic E-state index is -0.269. The standard InChI is InChI=1S/C23H31N3O5/c1-16-4-5-18-19(13-16)23(29)26(22(18)28)7-2-3-21(27)24-14-20(17-6-10-31-15-17)25-8-11-30-12-9-25/h4-5,13,17,20H,2-3,6-12,14-15H2,1H3,(H,24,27). The maximum absolute atomic E-state index is 12.5. The Morgan fingerprint density at radius 2 is 1.90 bits per heavy atom. The van der Waals surface area contributed by atoms with Crippen molar-refractivity contribution in [2.75, 3.05) is 52.6 Å². The monoisotopic (exact) mass is 429 g/mol. The van der Waals surface area contributed by atoms with Gasteiger partial charge in [0.1, 0.15) is 0 Å². The lowest BCUT2D eigenvalue weighted by Gasteiger charge is -2.37. The largest absolute Gasteiger partial charge is 0.381 e. The number of amides is 3. The fourth-order valence-electron chi connectivity index (χ4n) is 4.67. The normalized spacial score (nSPS) is 22.6. The molecule has 4 rings (SSSR count). The van der Waals surface area contributed by atoms with Gasteiger partial charge in [-0.2, -0.15) is 0 Å². The van der Waals surface area contributed by atoms with Crippen LogP contribution in [0.15, 0.2) is 18.2 Å². The Bertz CT molecular complexity index is 831. The van der Waals surface area contributed by atoms with E-state index in [-0.39, 0.29) is 36.7 Å². The van der Waals surface area contributed by atoms with Crippen LogP contribution >= 0.6 is 0 Å². The summed E-state index contributed by atoms with van der Waals surface area (Å²) in [5.74, 6) is -0.170. The van der Waals surface area contributed by atoms with E-state index in [2.05, 4.69) is 10.2 Å². The molecule has 8 heteroatoms. The van der Waals surface area contributed by atoms with Crippen molar-refractivity contribution in [3.63, 3.8) is 0 Å². The van der Waals surface area contributed by atoms with Crippen molar-refractivity contribution in [3.8, 4) is 0 Å². The Morgan fingerprint density at radius 1 is 1.13 bits per heavy atom. The van der Waals surface area contributed by atoms with Crippen LogP contribution in [0.5, 0.6) is 0 Å². The number of rotatable bonds is 8. The molecule has 2 atom stereocenters. The van der Waals surface area contributed by atoms with Crippen LogP contribution in [-0.2, 0) is 14.3 Å². The van der Waals surface area contributed by atoms with Gasteiger partial charge < -0.3 is 14.8 Å². The van der Waals surface area contributed by atoms with Crippen molar-refractivity contribution in [2.45, 2.75) is 32.2 Å². The van der Waals surface area contributed by atoms with Gasteiger partial charge in [0.25, 0.3) is 11.8 Å². The van der Waals surface area contributed by atoms with Gasteiger partial charge in [-0.1, -0.05) is 11.6 Å². The number of morpholine rings is 1. The van der Waals surface area contributed by atoms with Crippen molar-refractivity contribution in [1.82, 2.24) is 15.1 Å². The molecule has 0 radical (unpaired) electrons. The van der Waals surface area contributed by atoms with Crippen molar-refractivity contribution < 1.29 is 23.9 Å². The van der Waals surface area contributed by atoms with Crippen LogP contribution in [0.1, 0.15) is 45.5 Å². The molecule has 2 fully saturated rings. The number of nitrogens with zero attached hydrogens (tertiary/aromatic N) is 2. The molecule has 0 bridgehead atoms. The van der Waals surface area contributed by atoms with Crippen molar-refractivity contribution >= 4 is 17.7 Å². The van der Waals surface area contributed by atoms with Gasteiger partial charge in [-0.05, 0) is 31.9 Å². The number of hydrogen-bond donors (Lipinski definition) is 1. The summed E-state index contributed by atoms with van der Waals surface area (Å²) in [5.41, 5.74) is 1.86. The van der Waals surface area contributed by atoms with Gasteiger partial charge in [0.2, 0.25) is 5.91 Å². The lowest BCUT2D eigenvalue weighted by atomic mass is 9.97. The van der Waals surface area contributed by atoms with Crippen LogP contribution in [0.25, 0.3) is 0 Å². The number of carbonyl (C=O) groups is 3. The van der Waals surface area contributed by atoms with Crippen LogP contribution in [0, 0.1) is 12.8 Å². The van der Waals surface area contributed by atoms with Gasteiger partial charge in [-0.15, -0.1) is 0 Å². The summed E-state index contributed by atoms with van der Waals surface area (Å²) in [5, 5.41) is 3.06. The van der Waals surface area contributed by atoms with Crippen molar-refractivity contribution in [2.24, 2.45) is 5.92 Å². The summed E-state index contributed by atoms with van der Waals surface area (Å²) in [6, 6.07) is 5.54. The van der Waals surface area contributed by atoms with Gasteiger partial charge in [-0.3, -0.25) is 24.2 Å². The molecule has 3 heterocycles. The number of nitrogens with one attached hydrogen (secondary N) is 1. The molecule has 1 aromatic rings. The molecule has 0 spiro atoms. The zero-order chi connectivity index (χ0) is 21.8. The Balaban J connectivity index is 1.25. The topological polar surface area (TPSA) is 88.2 Å². The van der Waals surface area contributed by atoms with Crippen molar-refractivity contribution in [1.29, 1.82) is 0 Å². The van der Waals surface area contributed by atoms with E-state index in [1.807, 2.05) is 13.0 Å².